The summed E-state index contributed by atoms with van der Waals surface area (Å²) in [5.41, 5.74) is 9.12. The van der Waals surface area contributed by atoms with Crippen molar-refractivity contribution in [1.82, 2.24) is 24.9 Å². The minimum atomic E-state index is 0.557. The molecule has 0 saturated carbocycles. The van der Waals surface area contributed by atoms with Gasteiger partial charge < -0.3 is 5.73 Å². The van der Waals surface area contributed by atoms with Crippen LogP contribution < -0.4 is 5.73 Å². The largest absolute Gasteiger partial charge is 0.398 e. The monoisotopic (exact) mass is 328 g/mol. The Balaban J connectivity index is 2.19. The molecule has 20 heavy (non-hydrogen) atoms. The topological polar surface area (TPSA) is 90.5 Å². The fourth-order valence-corrected chi connectivity index (χ4v) is 2.11. The van der Waals surface area contributed by atoms with Crippen LogP contribution in [0.25, 0.3) is 22.8 Å². The van der Waals surface area contributed by atoms with Crippen LogP contribution in [0.5, 0.6) is 0 Å². The van der Waals surface area contributed by atoms with Gasteiger partial charge in [0.2, 0.25) is 0 Å². The molecule has 0 atom stereocenters. The second-order valence-corrected chi connectivity index (χ2v) is 4.73. The molecular formula is C13H9BrN6. The number of anilines is 1. The zero-order valence-corrected chi connectivity index (χ0v) is 11.8. The molecule has 0 aliphatic heterocycles. The molecule has 0 aliphatic carbocycles. The first-order valence-corrected chi connectivity index (χ1v) is 6.54. The van der Waals surface area contributed by atoms with Crippen LogP contribution in [0.1, 0.15) is 0 Å². The van der Waals surface area contributed by atoms with E-state index < -0.39 is 0 Å². The lowest BCUT2D eigenvalue weighted by Gasteiger charge is -2.08. The van der Waals surface area contributed by atoms with Crippen molar-refractivity contribution >= 4 is 21.6 Å². The van der Waals surface area contributed by atoms with Gasteiger partial charge in [-0.15, -0.1) is 0 Å². The molecule has 98 valence electrons. The van der Waals surface area contributed by atoms with E-state index in [4.69, 9.17) is 5.73 Å². The molecule has 0 fully saturated rings. The highest BCUT2D eigenvalue weighted by atomic mass is 79.9. The minimum absolute atomic E-state index is 0.557. The van der Waals surface area contributed by atoms with Gasteiger partial charge in [0.05, 0.1) is 28.2 Å². The van der Waals surface area contributed by atoms with Gasteiger partial charge in [0, 0.05) is 24.8 Å². The number of nitrogen functional groups attached to an aromatic ring is 1. The SMILES string of the molecule is Nc1cc(-c2cnccn2)nc(-c2cnccn2)c1Br. The highest BCUT2D eigenvalue weighted by Crippen LogP contribution is 2.32. The van der Waals surface area contributed by atoms with Gasteiger partial charge in [0.1, 0.15) is 17.1 Å². The van der Waals surface area contributed by atoms with Gasteiger partial charge in [-0.25, -0.2) is 4.98 Å². The molecule has 0 aliphatic rings. The lowest BCUT2D eigenvalue weighted by Crippen LogP contribution is -1.98. The van der Waals surface area contributed by atoms with Gasteiger partial charge in [-0.05, 0) is 22.0 Å². The zero-order chi connectivity index (χ0) is 13.9. The predicted octanol–water partition coefficient (Wildman–Crippen LogP) is 2.34. The molecule has 6 nitrogen and oxygen atoms in total. The van der Waals surface area contributed by atoms with Gasteiger partial charge in [-0.2, -0.15) is 0 Å². The Bertz CT molecular complexity index is 733. The zero-order valence-electron chi connectivity index (χ0n) is 10.2. The minimum Gasteiger partial charge on any atom is -0.398 e. The summed E-state index contributed by atoms with van der Waals surface area (Å²) in [6.45, 7) is 0. The van der Waals surface area contributed by atoms with E-state index in [-0.39, 0.29) is 0 Å². The number of hydrogen-bond donors (Lipinski definition) is 1. The quantitative estimate of drug-likeness (QED) is 0.776. The van der Waals surface area contributed by atoms with E-state index >= 15 is 0 Å². The first kappa shape index (κ1) is 12.6. The van der Waals surface area contributed by atoms with Crippen molar-refractivity contribution in [3.05, 3.63) is 47.7 Å². The maximum atomic E-state index is 6.01. The average Bonchev–Trinajstić information content (AvgIpc) is 2.51. The Labute approximate surface area is 123 Å². The summed E-state index contributed by atoms with van der Waals surface area (Å²) in [4.78, 5) is 21.1. The maximum Gasteiger partial charge on any atom is 0.108 e. The van der Waals surface area contributed by atoms with Gasteiger partial charge in [0.15, 0.2) is 0 Å². The Hall–Kier alpha value is -2.41. The van der Waals surface area contributed by atoms with Crippen LogP contribution in [0.15, 0.2) is 47.7 Å². The van der Waals surface area contributed by atoms with Crippen LogP contribution in [0.3, 0.4) is 0 Å². The molecule has 3 rings (SSSR count). The second-order valence-electron chi connectivity index (χ2n) is 3.94. The summed E-state index contributed by atoms with van der Waals surface area (Å²) in [6, 6.07) is 1.74. The lowest BCUT2D eigenvalue weighted by molar-refractivity contribution is 1.15. The Kier molecular flexibility index (Phi) is 3.34. The van der Waals surface area contributed by atoms with Crippen LogP contribution >= 0.6 is 15.9 Å². The summed E-state index contributed by atoms with van der Waals surface area (Å²) in [6.07, 6.45) is 9.69. The van der Waals surface area contributed by atoms with Crippen molar-refractivity contribution < 1.29 is 0 Å². The molecule has 0 amide bonds. The molecule has 0 spiro atoms. The summed E-state index contributed by atoms with van der Waals surface area (Å²) in [5, 5.41) is 0. The Morgan fingerprint density at radius 1 is 0.850 bits per heavy atom. The standard InChI is InChI=1S/C13H9BrN6/c14-12-8(15)5-9(10-6-16-1-3-18-10)20-13(12)11-7-17-2-4-19-11/h1-7H,(H2,15,20). The molecular weight excluding hydrogens is 320 g/mol. The van der Waals surface area contributed by atoms with Gasteiger partial charge in [-0.3, -0.25) is 19.9 Å². The van der Waals surface area contributed by atoms with Crippen LogP contribution in [0.4, 0.5) is 5.69 Å². The highest BCUT2D eigenvalue weighted by Gasteiger charge is 2.13. The highest BCUT2D eigenvalue weighted by molar-refractivity contribution is 9.10. The molecule has 2 N–H and O–H groups in total. The number of hydrogen-bond acceptors (Lipinski definition) is 6. The number of rotatable bonds is 2. The fourth-order valence-electron chi connectivity index (χ4n) is 1.70. The van der Waals surface area contributed by atoms with Gasteiger partial charge >= 0.3 is 0 Å². The summed E-state index contributed by atoms with van der Waals surface area (Å²) in [7, 11) is 0. The molecule has 3 heterocycles. The summed E-state index contributed by atoms with van der Waals surface area (Å²) < 4.78 is 0.686. The molecule has 0 unspecified atom stereocenters. The molecule has 0 radical (unpaired) electrons. The summed E-state index contributed by atoms with van der Waals surface area (Å²) >= 11 is 3.43. The van der Waals surface area contributed by atoms with Crippen molar-refractivity contribution in [3.8, 4) is 22.8 Å². The van der Waals surface area contributed by atoms with Crippen molar-refractivity contribution in [3.63, 3.8) is 0 Å². The van der Waals surface area contributed by atoms with Crippen molar-refractivity contribution in [1.29, 1.82) is 0 Å². The normalized spacial score (nSPS) is 10.4. The first-order valence-electron chi connectivity index (χ1n) is 5.74. The van der Waals surface area contributed by atoms with E-state index in [1.807, 2.05) is 0 Å². The average molecular weight is 329 g/mol. The third kappa shape index (κ3) is 2.35. The second kappa shape index (κ2) is 5.30. The number of pyridine rings is 1. The predicted molar refractivity (Wildman–Crippen MR) is 78.4 cm³/mol. The maximum absolute atomic E-state index is 6.01. The van der Waals surface area contributed by atoms with E-state index in [0.717, 1.165) is 0 Å². The van der Waals surface area contributed by atoms with E-state index in [1.165, 1.54) is 0 Å². The third-order valence-corrected chi connectivity index (χ3v) is 3.45. The Morgan fingerprint density at radius 3 is 2.10 bits per heavy atom. The van der Waals surface area contributed by atoms with Crippen LogP contribution in [-0.4, -0.2) is 24.9 Å². The lowest BCUT2D eigenvalue weighted by atomic mass is 10.2. The molecule has 3 aromatic rings. The van der Waals surface area contributed by atoms with Crippen LogP contribution in [0.2, 0.25) is 0 Å². The van der Waals surface area contributed by atoms with E-state index in [0.29, 0.717) is 32.9 Å². The molecule has 0 bridgehead atoms. The van der Waals surface area contributed by atoms with E-state index in [1.54, 1.807) is 43.2 Å². The number of nitrogens with zero attached hydrogens (tertiary/aromatic N) is 5. The number of nitrogens with two attached hydrogens (primary N) is 1. The third-order valence-electron chi connectivity index (χ3n) is 2.62. The molecule has 7 heteroatoms. The smallest absolute Gasteiger partial charge is 0.108 e. The van der Waals surface area contributed by atoms with Crippen LogP contribution in [0, 0.1) is 0 Å². The van der Waals surface area contributed by atoms with E-state index in [9.17, 15) is 0 Å². The Morgan fingerprint density at radius 2 is 1.50 bits per heavy atom. The fraction of sp³-hybridized carbons (Fsp3) is 0. The van der Waals surface area contributed by atoms with Crippen molar-refractivity contribution in [2.75, 3.05) is 5.73 Å². The first-order chi connectivity index (χ1) is 9.75. The summed E-state index contributed by atoms with van der Waals surface area (Å²) in [5.74, 6) is 0. The van der Waals surface area contributed by atoms with Crippen LogP contribution in [-0.2, 0) is 0 Å². The number of aromatic nitrogens is 5. The van der Waals surface area contributed by atoms with Crippen molar-refractivity contribution in [2.45, 2.75) is 0 Å². The van der Waals surface area contributed by atoms with E-state index in [2.05, 4.69) is 40.8 Å². The molecule has 0 saturated heterocycles. The molecule has 3 aromatic heterocycles. The van der Waals surface area contributed by atoms with Gasteiger partial charge in [-0.1, -0.05) is 0 Å². The molecule has 0 aromatic carbocycles. The number of halogens is 1. The van der Waals surface area contributed by atoms with Crippen molar-refractivity contribution in [2.24, 2.45) is 0 Å². The van der Waals surface area contributed by atoms with Gasteiger partial charge in [0.25, 0.3) is 0 Å².